The zero-order valence-electron chi connectivity index (χ0n) is 10.8. The van der Waals surface area contributed by atoms with Crippen LogP contribution in [0.15, 0.2) is 0 Å². The minimum Gasteiger partial charge on any atom is -0.355 e. The molecule has 0 aromatic heterocycles. The van der Waals surface area contributed by atoms with E-state index in [1.54, 1.807) is 0 Å². The molecule has 0 heterocycles. The summed E-state index contributed by atoms with van der Waals surface area (Å²) in [5.41, 5.74) is 5.41. The third-order valence-electron chi connectivity index (χ3n) is 3.80. The zero-order valence-corrected chi connectivity index (χ0v) is 10.8. The van der Waals surface area contributed by atoms with E-state index in [1.165, 1.54) is 12.8 Å². The first kappa shape index (κ1) is 13.5. The fraction of sp³-hybridized carbons (Fsp3) is 0.923. The lowest BCUT2D eigenvalue weighted by atomic mass is 9.70. The Morgan fingerprint density at radius 1 is 1.44 bits per heavy atom. The molecular weight excluding hydrogens is 200 g/mol. The van der Waals surface area contributed by atoms with Gasteiger partial charge in [-0.05, 0) is 30.6 Å². The summed E-state index contributed by atoms with van der Waals surface area (Å²) >= 11 is 0. The molecule has 0 aromatic carbocycles. The van der Waals surface area contributed by atoms with E-state index < -0.39 is 0 Å². The second kappa shape index (κ2) is 6.24. The number of hydrogen-bond acceptors (Lipinski definition) is 2. The van der Waals surface area contributed by atoms with E-state index in [2.05, 4.69) is 26.1 Å². The van der Waals surface area contributed by atoms with E-state index in [4.69, 9.17) is 5.73 Å². The minimum atomic E-state index is 0.204. The molecule has 0 spiro atoms. The van der Waals surface area contributed by atoms with Crippen LogP contribution in [0, 0.1) is 23.7 Å². The molecule has 16 heavy (non-hydrogen) atoms. The van der Waals surface area contributed by atoms with Gasteiger partial charge in [-0.15, -0.1) is 0 Å². The molecule has 1 aliphatic carbocycles. The molecule has 1 saturated carbocycles. The molecule has 1 amide bonds. The van der Waals surface area contributed by atoms with Crippen molar-refractivity contribution in [2.75, 3.05) is 13.1 Å². The van der Waals surface area contributed by atoms with Gasteiger partial charge in [0.2, 0.25) is 5.91 Å². The quantitative estimate of drug-likeness (QED) is 0.767. The standard InChI is InChI=1S/C13H26N2O/c1-9(2)11-5-4-10(3)8-12(11)13(16)15-7-6-14/h9-12H,4-8,14H2,1-3H3,(H,15,16)/t10-,11+,12-/m1/s1. The molecule has 0 saturated heterocycles. The predicted molar refractivity (Wildman–Crippen MR) is 66.9 cm³/mol. The lowest BCUT2D eigenvalue weighted by Gasteiger charge is -2.36. The highest BCUT2D eigenvalue weighted by atomic mass is 16.1. The zero-order chi connectivity index (χ0) is 12.1. The molecule has 1 aliphatic rings. The van der Waals surface area contributed by atoms with Crippen LogP contribution in [0.2, 0.25) is 0 Å². The van der Waals surface area contributed by atoms with Gasteiger partial charge in [-0.1, -0.05) is 27.2 Å². The van der Waals surface area contributed by atoms with E-state index in [9.17, 15) is 4.79 Å². The highest BCUT2D eigenvalue weighted by Crippen LogP contribution is 2.37. The summed E-state index contributed by atoms with van der Waals surface area (Å²) in [5.74, 6) is 2.25. The number of rotatable bonds is 4. The van der Waals surface area contributed by atoms with Crippen LogP contribution >= 0.6 is 0 Å². The fourth-order valence-electron chi connectivity index (χ4n) is 2.83. The van der Waals surface area contributed by atoms with Crippen LogP contribution in [0.25, 0.3) is 0 Å². The van der Waals surface area contributed by atoms with Crippen molar-refractivity contribution < 1.29 is 4.79 Å². The monoisotopic (exact) mass is 226 g/mol. The summed E-state index contributed by atoms with van der Waals surface area (Å²) in [4.78, 5) is 12.1. The van der Waals surface area contributed by atoms with Crippen molar-refractivity contribution in [3.8, 4) is 0 Å². The first-order valence-electron chi connectivity index (χ1n) is 6.54. The smallest absolute Gasteiger partial charge is 0.223 e. The number of nitrogens with one attached hydrogen (secondary N) is 1. The van der Waals surface area contributed by atoms with Crippen LogP contribution in [0.5, 0.6) is 0 Å². The summed E-state index contributed by atoms with van der Waals surface area (Å²) in [6.07, 6.45) is 3.50. The summed E-state index contributed by atoms with van der Waals surface area (Å²) in [5, 5.41) is 2.94. The van der Waals surface area contributed by atoms with Crippen LogP contribution < -0.4 is 11.1 Å². The van der Waals surface area contributed by atoms with Gasteiger partial charge in [-0.2, -0.15) is 0 Å². The topological polar surface area (TPSA) is 55.1 Å². The van der Waals surface area contributed by atoms with Crippen molar-refractivity contribution in [3.05, 3.63) is 0 Å². The first-order valence-corrected chi connectivity index (χ1v) is 6.54. The molecule has 0 aromatic rings. The van der Waals surface area contributed by atoms with Gasteiger partial charge in [-0.3, -0.25) is 4.79 Å². The molecule has 3 N–H and O–H groups in total. The van der Waals surface area contributed by atoms with Crippen LogP contribution in [0.4, 0.5) is 0 Å². The van der Waals surface area contributed by atoms with Crippen LogP contribution in [0.3, 0.4) is 0 Å². The average Bonchev–Trinajstić information content (AvgIpc) is 2.25. The Morgan fingerprint density at radius 2 is 2.12 bits per heavy atom. The van der Waals surface area contributed by atoms with Gasteiger partial charge < -0.3 is 11.1 Å². The van der Waals surface area contributed by atoms with Gasteiger partial charge in [-0.25, -0.2) is 0 Å². The minimum absolute atomic E-state index is 0.204. The first-order chi connectivity index (χ1) is 7.56. The predicted octanol–water partition coefficient (Wildman–Crippen LogP) is 1.77. The van der Waals surface area contributed by atoms with E-state index in [0.717, 1.165) is 6.42 Å². The molecule has 94 valence electrons. The second-order valence-corrected chi connectivity index (χ2v) is 5.51. The van der Waals surface area contributed by atoms with Crippen LogP contribution in [-0.4, -0.2) is 19.0 Å². The lowest BCUT2D eigenvalue weighted by molar-refractivity contribution is -0.129. The van der Waals surface area contributed by atoms with Gasteiger partial charge >= 0.3 is 0 Å². The van der Waals surface area contributed by atoms with Crippen LogP contribution in [-0.2, 0) is 4.79 Å². The van der Waals surface area contributed by atoms with E-state index in [1.807, 2.05) is 0 Å². The largest absolute Gasteiger partial charge is 0.355 e. The summed E-state index contributed by atoms with van der Waals surface area (Å²) in [6.45, 7) is 7.84. The SMILES string of the molecule is CC(C)[C@@H]1CC[C@@H](C)C[C@H]1C(=O)NCCN. The van der Waals surface area contributed by atoms with Gasteiger partial charge in [0.05, 0.1) is 0 Å². The maximum Gasteiger partial charge on any atom is 0.223 e. The van der Waals surface area contributed by atoms with Crippen LogP contribution in [0.1, 0.15) is 40.0 Å². The Balaban J connectivity index is 2.59. The van der Waals surface area contributed by atoms with Gasteiger partial charge in [0.1, 0.15) is 0 Å². The van der Waals surface area contributed by atoms with Crippen molar-refractivity contribution in [2.45, 2.75) is 40.0 Å². The highest BCUT2D eigenvalue weighted by molar-refractivity contribution is 5.79. The Labute approximate surface area is 99.2 Å². The number of carbonyl (C=O) groups excluding carboxylic acids is 1. The molecule has 3 heteroatoms. The molecule has 0 radical (unpaired) electrons. The van der Waals surface area contributed by atoms with Crippen molar-refractivity contribution in [1.29, 1.82) is 0 Å². The third kappa shape index (κ3) is 3.48. The van der Waals surface area contributed by atoms with E-state index in [-0.39, 0.29) is 11.8 Å². The molecule has 1 rings (SSSR count). The number of nitrogens with two attached hydrogens (primary N) is 1. The Hall–Kier alpha value is -0.570. The molecule has 0 aliphatic heterocycles. The molecule has 1 fully saturated rings. The van der Waals surface area contributed by atoms with E-state index in [0.29, 0.717) is 30.8 Å². The maximum absolute atomic E-state index is 12.1. The van der Waals surface area contributed by atoms with Crippen molar-refractivity contribution in [1.82, 2.24) is 5.32 Å². The Bertz CT molecular complexity index is 228. The van der Waals surface area contributed by atoms with E-state index >= 15 is 0 Å². The fourth-order valence-corrected chi connectivity index (χ4v) is 2.83. The third-order valence-corrected chi connectivity index (χ3v) is 3.80. The summed E-state index contributed by atoms with van der Waals surface area (Å²) in [7, 11) is 0. The molecule has 0 bridgehead atoms. The lowest BCUT2D eigenvalue weighted by Crippen LogP contribution is -2.41. The number of amides is 1. The molecule has 3 atom stereocenters. The van der Waals surface area contributed by atoms with Crippen molar-refractivity contribution >= 4 is 5.91 Å². The highest BCUT2D eigenvalue weighted by Gasteiger charge is 2.34. The van der Waals surface area contributed by atoms with Gasteiger partial charge in [0.25, 0.3) is 0 Å². The van der Waals surface area contributed by atoms with Gasteiger partial charge in [0, 0.05) is 19.0 Å². The normalized spacial score (nSPS) is 30.4. The second-order valence-electron chi connectivity index (χ2n) is 5.51. The molecular formula is C13H26N2O. The number of hydrogen-bond donors (Lipinski definition) is 2. The summed E-state index contributed by atoms with van der Waals surface area (Å²) < 4.78 is 0. The van der Waals surface area contributed by atoms with Crippen molar-refractivity contribution in [2.24, 2.45) is 29.4 Å². The average molecular weight is 226 g/mol. The number of carbonyl (C=O) groups is 1. The molecule has 0 unspecified atom stereocenters. The Morgan fingerprint density at radius 3 is 2.69 bits per heavy atom. The maximum atomic E-state index is 12.1. The molecule has 3 nitrogen and oxygen atoms in total. The summed E-state index contributed by atoms with van der Waals surface area (Å²) in [6, 6.07) is 0. The Kier molecular flexibility index (Phi) is 5.26. The van der Waals surface area contributed by atoms with Crippen molar-refractivity contribution in [3.63, 3.8) is 0 Å². The van der Waals surface area contributed by atoms with Gasteiger partial charge in [0.15, 0.2) is 0 Å².